The van der Waals surface area contributed by atoms with Crippen LogP contribution in [0.2, 0.25) is 0 Å². The summed E-state index contributed by atoms with van der Waals surface area (Å²) in [6.45, 7) is 0. The van der Waals surface area contributed by atoms with Crippen molar-refractivity contribution in [1.29, 1.82) is 0 Å². The Kier molecular flexibility index (Phi) is 2.41. The van der Waals surface area contributed by atoms with Crippen LogP contribution in [0.3, 0.4) is 0 Å². The van der Waals surface area contributed by atoms with Crippen LogP contribution in [0, 0.1) is 0 Å². The zero-order valence-corrected chi connectivity index (χ0v) is 10.5. The van der Waals surface area contributed by atoms with Gasteiger partial charge in [0.2, 0.25) is 5.82 Å². The van der Waals surface area contributed by atoms with Gasteiger partial charge in [-0.05, 0) is 40.2 Å². The molecule has 0 atom stereocenters. The molecule has 7 heteroatoms. The van der Waals surface area contributed by atoms with Gasteiger partial charge in [-0.1, -0.05) is 0 Å². The lowest BCUT2D eigenvalue weighted by atomic mass is 10.3. The zero-order valence-electron chi connectivity index (χ0n) is 8.87. The van der Waals surface area contributed by atoms with Crippen molar-refractivity contribution < 1.29 is 14.3 Å². The molecule has 3 rings (SSSR count). The zero-order chi connectivity index (χ0) is 12.7. The third kappa shape index (κ3) is 1.78. The number of hydrogen-bond donors (Lipinski definition) is 1. The fourth-order valence-corrected chi connectivity index (χ4v) is 1.86. The first-order valence-electron chi connectivity index (χ1n) is 4.99. The third-order valence-electron chi connectivity index (χ3n) is 2.38. The molecule has 1 N–H and O–H groups in total. The summed E-state index contributed by atoms with van der Waals surface area (Å²) in [5.74, 6) is -0.0755. The van der Waals surface area contributed by atoms with E-state index >= 15 is 0 Å². The van der Waals surface area contributed by atoms with E-state index in [9.17, 15) is 4.79 Å². The fourth-order valence-electron chi connectivity index (χ4n) is 1.55. The maximum absolute atomic E-state index is 10.8. The first-order chi connectivity index (χ1) is 8.63. The molecule has 6 nitrogen and oxygen atoms in total. The highest BCUT2D eigenvalue weighted by Gasteiger charge is 2.12. The molecule has 0 aliphatic heterocycles. The molecular formula is C11H6BrN3O3. The van der Waals surface area contributed by atoms with Crippen LogP contribution in [0.1, 0.15) is 10.4 Å². The number of aromatic carboxylic acids is 1. The molecule has 0 bridgehead atoms. The average molecular weight is 308 g/mol. The topological polar surface area (TPSA) is 80.6 Å². The number of pyridine rings is 1. The molecular weight excluding hydrogens is 302 g/mol. The lowest BCUT2D eigenvalue weighted by molar-refractivity contribution is 0.0697. The summed E-state index contributed by atoms with van der Waals surface area (Å²) < 4.78 is 7.42. The van der Waals surface area contributed by atoms with E-state index in [1.165, 1.54) is 16.6 Å². The predicted octanol–water partition coefficient (Wildman–Crippen LogP) is 2.45. The monoisotopic (exact) mass is 307 g/mol. The molecule has 90 valence electrons. The molecule has 3 heterocycles. The van der Waals surface area contributed by atoms with Gasteiger partial charge < -0.3 is 9.52 Å². The first kappa shape index (κ1) is 11.0. The van der Waals surface area contributed by atoms with Gasteiger partial charge in [-0.15, -0.1) is 5.10 Å². The number of aromatic nitrogens is 3. The molecule has 0 amide bonds. The van der Waals surface area contributed by atoms with E-state index in [2.05, 4.69) is 26.0 Å². The van der Waals surface area contributed by atoms with Gasteiger partial charge in [0.15, 0.2) is 16.1 Å². The van der Waals surface area contributed by atoms with E-state index in [1.807, 2.05) is 0 Å². The second-order valence-corrected chi connectivity index (χ2v) is 4.34. The Morgan fingerprint density at radius 3 is 2.89 bits per heavy atom. The molecule has 0 spiro atoms. The summed E-state index contributed by atoms with van der Waals surface area (Å²) in [6, 6.07) is 6.39. The lowest BCUT2D eigenvalue weighted by Crippen LogP contribution is -1.97. The van der Waals surface area contributed by atoms with Gasteiger partial charge in [-0.2, -0.15) is 0 Å². The van der Waals surface area contributed by atoms with Crippen molar-refractivity contribution in [2.45, 2.75) is 0 Å². The van der Waals surface area contributed by atoms with Gasteiger partial charge in [0, 0.05) is 6.20 Å². The SMILES string of the molecule is O=C(O)c1ccn2nc(-c3ccc(Br)o3)nc2c1. The highest BCUT2D eigenvalue weighted by atomic mass is 79.9. The van der Waals surface area contributed by atoms with Gasteiger partial charge in [-0.25, -0.2) is 14.3 Å². The van der Waals surface area contributed by atoms with E-state index < -0.39 is 5.97 Å². The molecule has 0 aromatic carbocycles. The Labute approximate surface area is 109 Å². The quantitative estimate of drug-likeness (QED) is 0.786. The average Bonchev–Trinajstić information content (AvgIpc) is 2.93. The van der Waals surface area contributed by atoms with Crippen LogP contribution in [-0.2, 0) is 0 Å². The summed E-state index contributed by atoms with van der Waals surface area (Å²) in [4.78, 5) is 15.1. The van der Waals surface area contributed by atoms with Crippen LogP contribution in [0.25, 0.3) is 17.2 Å². The molecule has 0 saturated carbocycles. The minimum Gasteiger partial charge on any atom is -0.478 e. The standard InChI is InChI=1S/C11H6BrN3O3/c12-8-2-1-7(18-8)10-13-9-5-6(11(16)17)3-4-15(9)14-10/h1-5H,(H,16,17). The summed E-state index contributed by atoms with van der Waals surface area (Å²) >= 11 is 3.20. The van der Waals surface area contributed by atoms with Gasteiger partial charge in [0.25, 0.3) is 0 Å². The predicted molar refractivity (Wildman–Crippen MR) is 65.3 cm³/mol. The van der Waals surface area contributed by atoms with E-state index in [1.54, 1.807) is 18.3 Å². The smallest absolute Gasteiger partial charge is 0.335 e. The number of carboxylic acid groups (broad SMARTS) is 1. The third-order valence-corrected chi connectivity index (χ3v) is 2.80. The molecule has 0 aliphatic carbocycles. The normalized spacial score (nSPS) is 10.9. The Bertz CT molecular complexity index is 747. The molecule has 0 unspecified atom stereocenters. The fraction of sp³-hybridized carbons (Fsp3) is 0. The minimum atomic E-state index is -0.997. The van der Waals surface area contributed by atoms with Gasteiger partial charge in [0.1, 0.15) is 0 Å². The highest BCUT2D eigenvalue weighted by molar-refractivity contribution is 9.10. The van der Waals surface area contributed by atoms with Crippen LogP contribution in [-0.4, -0.2) is 25.7 Å². The van der Waals surface area contributed by atoms with Crippen LogP contribution in [0.15, 0.2) is 39.5 Å². The van der Waals surface area contributed by atoms with Crippen molar-refractivity contribution in [3.8, 4) is 11.6 Å². The highest BCUT2D eigenvalue weighted by Crippen LogP contribution is 2.22. The Balaban J connectivity index is 2.13. The minimum absolute atomic E-state index is 0.169. The molecule has 3 aromatic heterocycles. The van der Waals surface area contributed by atoms with E-state index in [4.69, 9.17) is 9.52 Å². The van der Waals surface area contributed by atoms with Crippen LogP contribution < -0.4 is 0 Å². The first-order valence-corrected chi connectivity index (χ1v) is 5.78. The Hall–Kier alpha value is -2.15. The molecule has 0 fully saturated rings. The summed E-state index contributed by atoms with van der Waals surface area (Å²) in [6.07, 6.45) is 1.55. The molecule has 3 aromatic rings. The number of furan rings is 1. The van der Waals surface area contributed by atoms with Crippen molar-refractivity contribution in [2.24, 2.45) is 0 Å². The Morgan fingerprint density at radius 2 is 2.22 bits per heavy atom. The molecule has 0 radical (unpaired) electrons. The van der Waals surface area contributed by atoms with E-state index in [0.29, 0.717) is 21.9 Å². The number of nitrogens with zero attached hydrogens (tertiary/aromatic N) is 3. The van der Waals surface area contributed by atoms with Crippen molar-refractivity contribution in [1.82, 2.24) is 14.6 Å². The largest absolute Gasteiger partial charge is 0.478 e. The maximum atomic E-state index is 10.8. The number of carboxylic acids is 1. The van der Waals surface area contributed by atoms with Crippen molar-refractivity contribution in [3.63, 3.8) is 0 Å². The summed E-state index contributed by atoms with van der Waals surface area (Å²) in [5.41, 5.74) is 0.625. The second-order valence-electron chi connectivity index (χ2n) is 3.56. The second kappa shape index (κ2) is 3.95. The van der Waals surface area contributed by atoms with Gasteiger partial charge in [0.05, 0.1) is 5.56 Å². The number of carbonyl (C=O) groups is 1. The van der Waals surface area contributed by atoms with Gasteiger partial charge >= 0.3 is 5.97 Å². The molecule has 0 saturated heterocycles. The Morgan fingerprint density at radius 1 is 1.39 bits per heavy atom. The summed E-state index contributed by atoms with van der Waals surface area (Å²) in [5, 5.41) is 13.1. The van der Waals surface area contributed by atoms with Crippen LogP contribution >= 0.6 is 15.9 Å². The number of fused-ring (bicyclic) bond motifs is 1. The molecule has 0 aliphatic rings. The van der Waals surface area contributed by atoms with E-state index in [0.717, 1.165) is 0 Å². The number of hydrogen-bond acceptors (Lipinski definition) is 4. The van der Waals surface area contributed by atoms with E-state index in [-0.39, 0.29) is 5.56 Å². The van der Waals surface area contributed by atoms with Crippen molar-refractivity contribution >= 4 is 27.5 Å². The van der Waals surface area contributed by atoms with Crippen LogP contribution in [0.5, 0.6) is 0 Å². The maximum Gasteiger partial charge on any atom is 0.335 e. The van der Waals surface area contributed by atoms with Crippen molar-refractivity contribution in [3.05, 3.63) is 40.7 Å². The number of halogens is 1. The summed E-state index contributed by atoms with van der Waals surface area (Å²) in [7, 11) is 0. The van der Waals surface area contributed by atoms with Crippen LogP contribution in [0.4, 0.5) is 0 Å². The van der Waals surface area contributed by atoms with Gasteiger partial charge in [-0.3, -0.25) is 0 Å². The van der Waals surface area contributed by atoms with Crippen molar-refractivity contribution in [2.75, 3.05) is 0 Å². The number of rotatable bonds is 2. The molecule has 18 heavy (non-hydrogen) atoms. The lowest BCUT2D eigenvalue weighted by Gasteiger charge is -1.93.